The maximum absolute atomic E-state index is 12.8. The first-order chi connectivity index (χ1) is 12.5. The van der Waals surface area contributed by atoms with E-state index in [-0.39, 0.29) is 23.1 Å². The maximum atomic E-state index is 12.8. The molecule has 2 aliphatic carbocycles. The van der Waals surface area contributed by atoms with Gasteiger partial charge in [-0.3, -0.25) is 9.59 Å². The fourth-order valence-electron chi connectivity index (χ4n) is 4.95. The number of nitrogens with zero attached hydrogens (tertiary/aromatic N) is 1. The Morgan fingerprint density at radius 1 is 1.15 bits per heavy atom. The molecule has 1 aromatic rings. The number of likely N-dealkylation sites (tertiary alicyclic amines) is 1. The summed E-state index contributed by atoms with van der Waals surface area (Å²) in [6.07, 6.45) is 7.31. The van der Waals surface area contributed by atoms with Crippen LogP contribution < -0.4 is 5.32 Å². The molecule has 2 saturated carbocycles. The lowest BCUT2D eigenvalue weighted by Gasteiger charge is -2.31. The van der Waals surface area contributed by atoms with Gasteiger partial charge in [0.15, 0.2) is 0 Å². The molecule has 1 N–H and O–H groups in total. The average Bonchev–Trinajstić information content (AvgIpc) is 3.18. The molecule has 1 heterocycles. The Morgan fingerprint density at radius 2 is 1.81 bits per heavy atom. The first-order valence-electron chi connectivity index (χ1n) is 10.1. The van der Waals surface area contributed by atoms with Crippen LogP contribution in [0.1, 0.15) is 61.6 Å². The standard InChI is InChI=1S/C22H30N2O2/c1-15-9-16(2)11-18(10-15)22(7-3-4-8-22)14-23-21(26)17-12-20(25)24(13-17)19-5-6-19/h9-11,17,19H,3-8,12-14H2,1-2H3,(H,23,26)/t17-/m0/s1. The van der Waals surface area contributed by atoms with Crippen molar-refractivity contribution in [2.75, 3.05) is 13.1 Å². The minimum atomic E-state index is -0.166. The molecule has 3 fully saturated rings. The molecule has 0 radical (unpaired) electrons. The van der Waals surface area contributed by atoms with Gasteiger partial charge in [0.25, 0.3) is 0 Å². The molecule has 1 atom stereocenters. The van der Waals surface area contributed by atoms with Crippen LogP contribution in [0.2, 0.25) is 0 Å². The second-order valence-electron chi connectivity index (χ2n) is 8.76. The molecule has 0 unspecified atom stereocenters. The van der Waals surface area contributed by atoms with Crippen molar-refractivity contribution in [3.05, 3.63) is 34.9 Å². The van der Waals surface area contributed by atoms with E-state index in [4.69, 9.17) is 0 Å². The molecule has 4 heteroatoms. The zero-order valence-corrected chi connectivity index (χ0v) is 16.0. The molecule has 3 aliphatic rings. The van der Waals surface area contributed by atoms with Gasteiger partial charge in [-0.05, 0) is 45.1 Å². The molecule has 1 aliphatic heterocycles. The molecule has 2 amide bonds. The van der Waals surface area contributed by atoms with E-state index in [1.54, 1.807) is 0 Å². The Balaban J connectivity index is 1.44. The van der Waals surface area contributed by atoms with Crippen molar-refractivity contribution in [3.63, 3.8) is 0 Å². The van der Waals surface area contributed by atoms with Crippen molar-refractivity contribution >= 4 is 11.8 Å². The molecule has 140 valence electrons. The van der Waals surface area contributed by atoms with Gasteiger partial charge in [-0.25, -0.2) is 0 Å². The van der Waals surface area contributed by atoms with Crippen molar-refractivity contribution in [2.24, 2.45) is 5.92 Å². The molecule has 26 heavy (non-hydrogen) atoms. The summed E-state index contributed by atoms with van der Waals surface area (Å²) >= 11 is 0. The Hall–Kier alpha value is -1.84. The number of aryl methyl sites for hydroxylation is 2. The van der Waals surface area contributed by atoms with Crippen LogP contribution in [-0.2, 0) is 15.0 Å². The van der Waals surface area contributed by atoms with Crippen molar-refractivity contribution in [3.8, 4) is 0 Å². The zero-order valence-electron chi connectivity index (χ0n) is 16.0. The Bertz CT molecular complexity index is 697. The number of carbonyl (C=O) groups excluding carboxylic acids is 2. The molecular weight excluding hydrogens is 324 g/mol. The van der Waals surface area contributed by atoms with E-state index in [2.05, 4.69) is 37.4 Å². The molecular formula is C22H30N2O2. The van der Waals surface area contributed by atoms with Crippen molar-refractivity contribution in [2.45, 2.75) is 70.3 Å². The topological polar surface area (TPSA) is 49.4 Å². The number of rotatable bonds is 5. The molecule has 0 bridgehead atoms. The van der Waals surface area contributed by atoms with Crippen LogP contribution in [0, 0.1) is 19.8 Å². The first-order valence-corrected chi connectivity index (χ1v) is 10.1. The third-order valence-electron chi connectivity index (χ3n) is 6.51. The normalized spacial score (nSPS) is 24.9. The lowest BCUT2D eigenvalue weighted by molar-refractivity contribution is -0.129. The highest BCUT2D eigenvalue weighted by atomic mass is 16.2. The smallest absolute Gasteiger partial charge is 0.225 e. The third-order valence-corrected chi connectivity index (χ3v) is 6.51. The summed E-state index contributed by atoms with van der Waals surface area (Å²) in [6, 6.07) is 7.20. The summed E-state index contributed by atoms with van der Waals surface area (Å²) < 4.78 is 0. The lowest BCUT2D eigenvalue weighted by Crippen LogP contribution is -2.42. The highest BCUT2D eigenvalue weighted by Gasteiger charge is 2.42. The second-order valence-corrected chi connectivity index (χ2v) is 8.76. The van der Waals surface area contributed by atoms with Gasteiger partial charge in [-0.1, -0.05) is 42.2 Å². The summed E-state index contributed by atoms with van der Waals surface area (Å²) in [7, 11) is 0. The summed E-state index contributed by atoms with van der Waals surface area (Å²) in [4.78, 5) is 26.8. The van der Waals surface area contributed by atoms with Crippen LogP contribution in [0.25, 0.3) is 0 Å². The quantitative estimate of drug-likeness (QED) is 0.882. The number of hydrogen-bond acceptors (Lipinski definition) is 2. The van der Waals surface area contributed by atoms with Crippen molar-refractivity contribution in [1.29, 1.82) is 0 Å². The van der Waals surface area contributed by atoms with Gasteiger partial charge in [0.2, 0.25) is 11.8 Å². The third kappa shape index (κ3) is 3.38. The van der Waals surface area contributed by atoms with Gasteiger partial charge < -0.3 is 10.2 Å². The summed E-state index contributed by atoms with van der Waals surface area (Å²) in [5, 5.41) is 3.23. The van der Waals surface area contributed by atoms with E-state index < -0.39 is 0 Å². The van der Waals surface area contributed by atoms with E-state index in [1.807, 2.05) is 4.90 Å². The number of nitrogens with one attached hydrogen (secondary N) is 1. The van der Waals surface area contributed by atoms with E-state index in [0.29, 0.717) is 25.6 Å². The van der Waals surface area contributed by atoms with Crippen molar-refractivity contribution < 1.29 is 9.59 Å². The Morgan fingerprint density at radius 3 is 2.42 bits per heavy atom. The van der Waals surface area contributed by atoms with E-state index >= 15 is 0 Å². The Labute approximate surface area is 156 Å². The SMILES string of the molecule is Cc1cc(C)cc(C2(CNC(=O)[C@H]3CC(=O)N(C4CC4)C3)CCCC2)c1. The molecule has 0 aromatic heterocycles. The Kier molecular flexibility index (Phi) is 4.54. The fourth-order valence-corrected chi connectivity index (χ4v) is 4.95. The summed E-state index contributed by atoms with van der Waals surface area (Å²) in [5.74, 6) is 0.0653. The van der Waals surface area contributed by atoms with E-state index in [1.165, 1.54) is 29.5 Å². The van der Waals surface area contributed by atoms with Crippen molar-refractivity contribution in [1.82, 2.24) is 10.2 Å². The monoisotopic (exact) mass is 354 g/mol. The minimum Gasteiger partial charge on any atom is -0.355 e. The highest BCUT2D eigenvalue weighted by Crippen LogP contribution is 2.41. The van der Waals surface area contributed by atoms with E-state index in [9.17, 15) is 9.59 Å². The maximum Gasteiger partial charge on any atom is 0.225 e. The molecule has 0 spiro atoms. The predicted octanol–water partition coefficient (Wildman–Crippen LogP) is 3.24. The lowest BCUT2D eigenvalue weighted by atomic mass is 9.77. The molecule has 4 rings (SSSR count). The van der Waals surface area contributed by atoms with Gasteiger partial charge in [0, 0.05) is 31.0 Å². The van der Waals surface area contributed by atoms with Crippen LogP contribution in [0.4, 0.5) is 0 Å². The number of benzene rings is 1. The largest absolute Gasteiger partial charge is 0.355 e. The average molecular weight is 354 g/mol. The van der Waals surface area contributed by atoms with Crippen LogP contribution in [0.5, 0.6) is 0 Å². The van der Waals surface area contributed by atoms with Gasteiger partial charge in [-0.15, -0.1) is 0 Å². The highest BCUT2D eigenvalue weighted by molar-refractivity contribution is 5.89. The molecule has 1 saturated heterocycles. The van der Waals surface area contributed by atoms with Crippen LogP contribution in [0.3, 0.4) is 0 Å². The van der Waals surface area contributed by atoms with Gasteiger partial charge in [-0.2, -0.15) is 0 Å². The van der Waals surface area contributed by atoms with Gasteiger partial charge >= 0.3 is 0 Å². The van der Waals surface area contributed by atoms with E-state index in [0.717, 1.165) is 25.7 Å². The summed E-state index contributed by atoms with van der Waals surface area (Å²) in [6.45, 7) is 5.61. The van der Waals surface area contributed by atoms with Crippen LogP contribution >= 0.6 is 0 Å². The number of amides is 2. The number of carbonyl (C=O) groups is 2. The fraction of sp³-hybridized carbons (Fsp3) is 0.636. The second kappa shape index (κ2) is 6.71. The summed E-state index contributed by atoms with van der Waals surface area (Å²) in [5.41, 5.74) is 4.01. The van der Waals surface area contributed by atoms with Crippen LogP contribution in [0.15, 0.2) is 18.2 Å². The zero-order chi connectivity index (χ0) is 18.3. The van der Waals surface area contributed by atoms with Gasteiger partial charge in [0.1, 0.15) is 0 Å². The van der Waals surface area contributed by atoms with Gasteiger partial charge in [0.05, 0.1) is 5.92 Å². The number of hydrogen-bond donors (Lipinski definition) is 1. The first kappa shape index (κ1) is 17.6. The predicted molar refractivity (Wildman–Crippen MR) is 102 cm³/mol. The molecule has 4 nitrogen and oxygen atoms in total. The minimum absolute atomic E-state index is 0.0607. The van der Waals surface area contributed by atoms with Crippen LogP contribution in [-0.4, -0.2) is 35.8 Å². The molecule has 1 aromatic carbocycles.